The van der Waals surface area contributed by atoms with Gasteiger partial charge in [0.15, 0.2) is 0 Å². The van der Waals surface area contributed by atoms with Crippen molar-refractivity contribution in [1.29, 1.82) is 0 Å². The van der Waals surface area contributed by atoms with Gasteiger partial charge >= 0.3 is 6.03 Å². The van der Waals surface area contributed by atoms with Gasteiger partial charge in [0.25, 0.3) is 5.91 Å². The smallest absolute Gasteiger partial charge is 0.315 e. The predicted molar refractivity (Wildman–Crippen MR) is 117 cm³/mol. The van der Waals surface area contributed by atoms with Crippen LogP contribution in [0.1, 0.15) is 48.9 Å². The van der Waals surface area contributed by atoms with E-state index in [1.807, 2.05) is 35.2 Å². The number of urea groups is 1. The van der Waals surface area contributed by atoms with E-state index in [1.165, 1.54) is 12.8 Å². The van der Waals surface area contributed by atoms with E-state index in [-0.39, 0.29) is 18.0 Å². The minimum absolute atomic E-state index is 0.0150. The Labute approximate surface area is 182 Å². The number of nitrogens with one attached hydrogen (secondary N) is 2. The van der Waals surface area contributed by atoms with Crippen molar-refractivity contribution < 1.29 is 14.3 Å². The van der Waals surface area contributed by atoms with Crippen LogP contribution in [0.3, 0.4) is 0 Å². The van der Waals surface area contributed by atoms with Crippen LogP contribution in [0.2, 0.25) is 0 Å². The molecule has 164 valence electrons. The highest BCUT2D eigenvalue weighted by molar-refractivity contribution is 5.94. The van der Waals surface area contributed by atoms with Crippen LogP contribution in [0.15, 0.2) is 36.4 Å². The molecule has 1 aliphatic heterocycles. The van der Waals surface area contributed by atoms with Gasteiger partial charge in [-0.15, -0.1) is 10.2 Å². The number of ether oxygens (including phenoxy) is 1. The zero-order valence-electron chi connectivity index (χ0n) is 17.8. The van der Waals surface area contributed by atoms with Gasteiger partial charge in [-0.1, -0.05) is 25.0 Å². The standard InChI is InChI=1S/C23H29N5O3/c1-31-21-11-10-20(26-27-21)16-6-8-17(9-7-16)22(29)28-14-12-19(13-15-28)25-23(30)24-18-4-2-3-5-18/h6-11,18-19H,2-5,12-15H2,1H3,(H2,24,25,30). The molecule has 1 aromatic heterocycles. The quantitative estimate of drug-likeness (QED) is 0.771. The van der Waals surface area contributed by atoms with Gasteiger partial charge in [0.05, 0.1) is 12.8 Å². The number of methoxy groups -OCH3 is 1. The first-order valence-corrected chi connectivity index (χ1v) is 11.0. The molecule has 1 aromatic carbocycles. The van der Waals surface area contributed by atoms with Crippen LogP contribution >= 0.6 is 0 Å². The molecule has 2 fully saturated rings. The Bertz CT molecular complexity index is 886. The van der Waals surface area contributed by atoms with Crippen LogP contribution in [-0.4, -0.2) is 59.3 Å². The summed E-state index contributed by atoms with van der Waals surface area (Å²) in [6, 6.07) is 11.4. The van der Waals surface area contributed by atoms with Crippen LogP contribution < -0.4 is 15.4 Å². The molecule has 2 heterocycles. The first-order chi connectivity index (χ1) is 15.1. The first kappa shape index (κ1) is 21.1. The summed E-state index contributed by atoms with van der Waals surface area (Å²) in [4.78, 5) is 26.9. The Morgan fingerprint density at radius 3 is 2.13 bits per heavy atom. The Balaban J connectivity index is 1.27. The highest BCUT2D eigenvalue weighted by atomic mass is 16.5. The van der Waals surface area contributed by atoms with Crippen LogP contribution in [0.5, 0.6) is 5.88 Å². The van der Waals surface area contributed by atoms with E-state index < -0.39 is 0 Å². The van der Waals surface area contributed by atoms with Crippen molar-refractivity contribution in [2.45, 2.75) is 50.6 Å². The number of amides is 3. The number of aromatic nitrogens is 2. The van der Waals surface area contributed by atoms with Gasteiger partial charge in [-0.2, -0.15) is 0 Å². The Morgan fingerprint density at radius 1 is 0.903 bits per heavy atom. The van der Waals surface area contributed by atoms with Gasteiger partial charge in [-0.05, 0) is 43.9 Å². The van der Waals surface area contributed by atoms with Gasteiger partial charge in [0, 0.05) is 42.4 Å². The van der Waals surface area contributed by atoms with E-state index in [4.69, 9.17) is 4.74 Å². The highest BCUT2D eigenvalue weighted by Crippen LogP contribution is 2.21. The lowest BCUT2D eigenvalue weighted by molar-refractivity contribution is 0.0708. The number of piperidine rings is 1. The first-order valence-electron chi connectivity index (χ1n) is 11.0. The summed E-state index contributed by atoms with van der Waals surface area (Å²) in [6.07, 6.45) is 6.07. The molecule has 1 saturated carbocycles. The Hall–Kier alpha value is -3.16. The van der Waals surface area contributed by atoms with E-state index in [0.717, 1.165) is 36.9 Å². The minimum atomic E-state index is -0.0751. The maximum atomic E-state index is 12.9. The SMILES string of the molecule is COc1ccc(-c2ccc(C(=O)N3CCC(NC(=O)NC4CCCC4)CC3)cc2)nn1. The number of carbonyl (C=O) groups excluding carboxylic acids is 2. The largest absolute Gasteiger partial charge is 0.480 e. The van der Waals surface area contributed by atoms with Crippen LogP contribution in [0, 0.1) is 0 Å². The Kier molecular flexibility index (Phi) is 6.64. The third-order valence-electron chi connectivity index (χ3n) is 6.08. The molecule has 2 aliphatic rings. The van der Waals surface area contributed by atoms with Gasteiger partial charge < -0.3 is 20.3 Å². The fraction of sp³-hybridized carbons (Fsp3) is 0.478. The molecule has 1 aliphatic carbocycles. The molecule has 8 heteroatoms. The molecule has 1 saturated heterocycles. The molecule has 31 heavy (non-hydrogen) atoms. The van der Waals surface area contributed by atoms with E-state index in [0.29, 0.717) is 30.6 Å². The van der Waals surface area contributed by atoms with Crippen LogP contribution in [0.4, 0.5) is 4.79 Å². The second kappa shape index (κ2) is 9.76. The summed E-state index contributed by atoms with van der Waals surface area (Å²) < 4.78 is 5.03. The lowest BCUT2D eigenvalue weighted by atomic mass is 10.0. The predicted octanol–water partition coefficient (Wildman–Crippen LogP) is 3.00. The van der Waals surface area contributed by atoms with Crippen molar-refractivity contribution >= 4 is 11.9 Å². The lowest BCUT2D eigenvalue weighted by Crippen LogP contribution is -2.50. The zero-order chi connectivity index (χ0) is 21.6. The monoisotopic (exact) mass is 423 g/mol. The fourth-order valence-electron chi connectivity index (χ4n) is 4.26. The van der Waals surface area contributed by atoms with Gasteiger partial charge in [0.1, 0.15) is 0 Å². The maximum absolute atomic E-state index is 12.9. The number of hydrogen-bond acceptors (Lipinski definition) is 5. The summed E-state index contributed by atoms with van der Waals surface area (Å²) in [5.74, 6) is 0.477. The third-order valence-corrected chi connectivity index (χ3v) is 6.08. The van der Waals surface area contributed by atoms with Crippen LogP contribution in [-0.2, 0) is 0 Å². The summed E-state index contributed by atoms with van der Waals surface area (Å²) >= 11 is 0. The number of carbonyl (C=O) groups is 2. The maximum Gasteiger partial charge on any atom is 0.315 e. The second-order valence-electron chi connectivity index (χ2n) is 8.20. The van der Waals surface area contributed by atoms with E-state index in [2.05, 4.69) is 20.8 Å². The molecule has 0 atom stereocenters. The molecule has 0 bridgehead atoms. The number of hydrogen-bond donors (Lipinski definition) is 2. The molecular weight excluding hydrogens is 394 g/mol. The van der Waals surface area contributed by atoms with Gasteiger partial charge in [0.2, 0.25) is 5.88 Å². The second-order valence-corrected chi connectivity index (χ2v) is 8.20. The molecule has 2 N–H and O–H groups in total. The molecule has 0 radical (unpaired) electrons. The number of benzene rings is 1. The lowest BCUT2D eigenvalue weighted by Gasteiger charge is -2.32. The number of rotatable bonds is 5. The van der Waals surface area contributed by atoms with E-state index >= 15 is 0 Å². The highest BCUT2D eigenvalue weighted by Gasteiger charge is 2.25. The summed E-state index contributed by atoms with van der Waals surface area (Å²) in [7, 11) is 1.55. The van der Waals surface area contributed by atoms with Crippen LogP contribution in [0.25, 0.3) is 11.3 Å². The Morgan fingerprint density at radius 2 is 1.55 bits per heavy atom. The molecular formula is C23H29N5O3. The average Bonchev–Trinajstić information content (AvgIpc) is 3.32. The fourth-order valence-corrected chi connectivity index (χ4v) is 4.26. The molecule has 2 aromatic rings. The minimum Gasteiger partial charge on any atom is -0.480 e. The van der Waals surface area contributed by atoms with E-state index in [1.54, 1.807) is 13.2 Å². The zero-order valence-corrected chi connectivity index (χ0v) is 17.8. The molecule has 4 rings (SSSR count). The molecule has 0 spiro atoms. The molecule has 3 amide bonds. The summed E-state index contributed by atoms with van der Waals surface area (Å²) in [5, 5.41) is 14.2. The number of nitrogens with zero attached hydrogens (tertiary/aromatic N) is 3. The summed E-state index contributed by atoms with van der Waals surface area (Å²) in [5.41, 5.74) is 2.26. The average molecular weight is 424 g/mol. The van der Waals surface area contributed by atoms with Crippen molar-refractivity contribution in [2.75, 3.05) is 20.2 Å². The van der Waals surface area contributed by atoms with Crippen molar-refractivity contribution in [3.63, 3.8) is 0 Å². The molecule has 8 nitrogen and oxygen atoms in total. The van der Waals surface area contributed by atoms with E-state index in [9.17, 15) is 9.59 Å². The third kappa shape index (κ3) is 5.31. The van der Waals surface area contributed by atoms with Crippen molar-refractivity contribution in [2.24, 2.45) is 0 Å². The van der Waals surface area contributed by atoms with Gasteiger partial charge in [-0.3, -0.25) is 4.79 Å². The van der Waals surface area contributed by atoms with Crippen molar-refractivity contribution in [3.05, 3.63) is 42.0 Å². The van der Waals surface area contributed by atoms with Crippen molar-refractivity contribution in [1.82, 2.24) is 25.7 Å². The summed E-state index contributed by atoms with van der Waals surface area (Å²) in [6.45, 7) is 1.28. The van der Waals surface area contributed by atoms with Crippen molar-refractivity contribution in [3.8, 4) is 17.1 Å². The van der Waals surface area contributed by atoms with Gasteiger partial charge in [-0.25, -0.2) is 4.79 Å². The number of likely N-dealkylation sites (tertiary alicyclic amines) is 1. The normalized spacial score (nSPS) is 17.4. The topological polar surface area (TPSA) is 96.5 Å². The molecule has 0 unspecified atom stereocenters.